The van der Waals surface area contributed by atoms with Crippen molar-refractivity contribution in [2.45, 2.75) is 6.54 Å². The summed E-state index contributed by atoms with van der Waals surface area (Å²) in [6.07, 6.45) is 3.81. The van der Waals surface area contributed by atoms with Crippen molar-refractivity contribution in [3.8, 4) is 33.4 Å². The number of hydrogen-bond acceptors (Lipinski definition) is 2. The molecule has 0 unspecified atom stereocenters. The van der Waals surface area contributed by atoms with Crippen LogP contribution in [0.1, 0.15) is 5.56 Å². The van der Waals surface area contributed by atoms with Crippen LogP contribution in [0.25, 0.3) is 56.8 Å². The van der Waals surface area contributed by atoms with Gasteiger partial charge < -0.3 is 4.90 Å². The molecule has 0 bridgehead atoms. The Morgan fingerprint density at radius 2 is 1.36 bits per heavy atom. The zero-order valence-corrected chi connectivity index (χ0v) is 23.4. The summed E-state index contributed by atoms with van der Waals surface area (Å²) >= 11 is 0. The zero-order valence-electron chi connectivity index (χ0n) is 23.4. The van der Waals surface area contributed by atoms with E-state index < -0.39 is 0 Å². The lowest BCUT2D eigenvalue weighted by Gasteiger charge is -2.34. The van der Waals surface area contributed by atoms with E-state index in [4.69, 9.17) is 0 Å². The first-order chi connectivity index (χ1) is 20.6. The second-order valence-corrected chi connectivity index (χ2v) is 10.7. The highest BCUT2D eigenvalue weighted by Crippen LogP contribution is 2.48. The van der Waals surface area contributed by atoms with Crippen molar-refractivity contribution >= 4 is 47.2 Å². The third-order valence-corrected chi connectivity index (χ3v) is 8.24. The molecular weight excluding hydrogens is 508 g/mol. The molecule has 0 saturated carbocycles. The molecule has 1 heterocycles. The van der Waals surface area contributed by atoms with E-state index >= 15 is 0 Å². The average Bonchev–Trinajstić information content (AvgIpc) is 3.05. The van der Waals surface area contributed by atoms with Crippen LogP contribution in [0.15, 0.2) is 139 Å². The monoisotopic (exact) mass is 538 g/mol. The fraction of sp³-hybridized carbons (Fsp3) is 0.0250. The molecular formula is C40H30N2. The number of allylic oxidation sites excluding steroid dienone is 1. The van der Waals surface area contributed by atoms with Crippen LogP contribution in [-0.2, 0) is 6.54 Å². The van der Waals surface area contributed by atoms with Gasteiger partial charge in [-0.2, -0.15) is 0 Å². The topological polar surface area (TPSA) is 15.6 Å². The highest BCUT2D eigenvalue weighted by Gasteiger charge is 2.26. The number of aliphatic imine (C=N–C) groups is 1. The van der Waals surface area contributed by atoms with Crippen molar-refractivity contribution in [2.75, 3.05) is 4.90 Å². The molecule has 6 aromatic rings. The second kappa shape index (κ2) is 10.5. The van der Waals surface area contributed by atoms with Crippen molar-refractivity contribution in [3.05, 3.63) is 150 Å². The van der Waals surface area contributed by atoms with Gasteiger partial charge in [0, 0.05) is 12.1 Å². The maximum absolute atomic E-state index is 4.36. The van der Waals surface area contributed by atoms with Crippen molar-refractivity contribution in [1.82, 2.24) is 0 Å². The predicted octanol–water partition coefficient (Wildman–Crippen LogP) is 9.20. The first kappa shape index (κ1) is 25.5. The van der Waals surface area contributed by atoms with E-state index in [0.29, 0.717) is 0 Å². The molecule has 0 spiro atoms. The number of hydrogen-bond donors (Lipinski definition) is 0. The lowest BCUT2D eigenvalue weighted by Crippen LogP contribution is -2.22. The number of benzene rings is 6. The van der Waals surface area contributed by atoms with E-state index in [9.17, 15) is 0 Å². The van der Waals surface area contributed by atoms with Gasteiger partial charge in [-0.1, -0.05) is 122 Å². The van der Waals surface area contributed by atoms with E-state index in [0.717, 1.165) is 33.9 Å². The van der Waals surface area contributed by atoms with Gasteiger partial charge in [0.25, 0.3) is 0 Å². The van der Waals surface area contributed by atoms with Gasteiger partial charge in [-0.3, -0.25) is 4.99 Å². The Morgan fingerprint density at radius 1 is 0.667 bits per heavy atom. The van der Waals surface area contributed by atoms with Gasteiger partial charge in [-0.05, 0) is 85.6 Å². The number of rotatable bonds is 5. The highest BCUT2D eigenvalue weighted by atomic mass is 15.2. The van der Waals surface area contributed by atoms with E-state index in [1.54, 1.807) is 6.08 Å². The first-order valence-electron chi connectivity index (χ1n) is 14.2. The van der Waals surface area contributed by atoms with Crippen molar-refractivity contribution in [1.29, 1.82) is 0 Å². The summed E-state index contributed by atoms with van der Waals surface area (Å²) in [4.78, 5) is 6.74. The van der Waals surface area contributed by atoms with Crippen molar-refractivity contribution in [3.63, 3.8) is 0 Å². The third kappa shape index (κ3) is 4.34. The lowest BCUT2D eigenvalue weighted by molar-refractivity contribution is 0.964. The summed E-state index contributed by atoms with van der Waals surface area (Å²) in [5.74, 6) is 0. The van der Waals surface area contributed by atoms with Crippen LogP contribution in [0.3, 0.4) is 0 Å². The normalized spacial score (nSPS) is 12.6. The summed E-state index contributed by atoms with van der Waals surface area (Å²) in [5.41, 5.74) is 11.6. The quantitative estimate of drug-likeness (QED) is 0.200. The summed E-state index contributed by atoms with van der Waals surface area (Å²) in [5, 5.41) is 4.62. The third-order valence-electron chi connectivity index (χ3n) is 8.24. The molecule has 1 aliphatic heterocycles. The van der Waals surface area contributed by atoms with Gasteiger partial charge in [-0.15, -0.1) is 0 Å². The predicted molar refractivity (Wildman–Crippen MR) is 181 cm³/mol. The maximum Gasteiger partial charge on any atom is 0.0859 e. The molecule has 0 N–H and O–H groups in total. The standard InChI is InChI=1S/C40H30N2/c1-4-9-31-24-32(15-14-27(31)2)28-16-18-29(19-17-28)33-22-23-36-39(25-33)42(38-13-8-7-12-37(38)41-3)26-34-21-20-30-10-5-6-11-35(30)40(34)36/h4-25H,1-3,26H2/b31-9-. The van der Waals surface area contributed by atoms with Crippen LogP contribution in [-0.4, -0.2) is 6.72 Å². The minimum absolute atomic E-state index is 0.758. The van der Waals surface area contributed by atoms with Gasteiger partial charge in [0.05, 0.1) is 17.1 Å². The molecule has 0 aliphatic carbocycles. The van der Waals surface area contributed by atoms with Crippen molar-refractivity contribution in [2.24, 2.45) is 4.99 Å². The zero-order chi connectivity index (χ0) is 28.6. The van der Waals surface area contributed by atoms with Crippen LogP contribution >= 0.6 is 0 Å². The molecule has 0 saturated heterocycles. The van der Waals surface area contributed by atoms with Crippen LogP contribution in [0.5, 0.6) is 0 Å². The number of para-hydroxylation sites is 2. The van der Waals surface area contributed by atoms with E-state index in [2.05, 4.69) is 139 Å². The first-order valence-corrected chi connectivity index (χ1v) is 14.2. The molecule has 0 amide bonds. The largest absolute Gasteiger partial charge is 0.335 e. The van der Waals surface area contributed by atoms with Gasteiger partial charge in [0.2, 0.25) is 0 Å². The highest BCUT2D eigenvalue weighted by molar-refractivity contribution is 6.04. The second-order valence-electron chi connectivity index (χ2n) is 10.7. The molecule has 42 heavy (non-hydrogen) atoms. The molecule has 7 rings (SSSR count). The number of nitrogens with zero attached hydrogens (tertiary/aromatic N) is 2. The molecule has 6 aromatic carbocycles. The number of anilines is 2. The molecule has 200 valence electrons. The molecule has 0 fully saturated rings. The van der Waals surface area contributed by atoms with Crippen LogP contribution in [0, 0.1) is 0 Å². The molecule has 1 aliphatic rings. The summed E-state index contributed by atoms with van der Waals surface area (Å²) < 4.78 is 0. The minimum atomic E-state index is 0.758. The van der Waals surface area contributed by atoms with E-state index in [1.807, 2.05) is 18.2 Å². The summed E-state index contributed by atoms with van der Waals surface area (Å²) in [7, 11) is 0. The van der Waals surface area contributed by atoms with Gasteiger partial charge in [-0.25, -0.2) is 0 Å². The van der Waals surface area contributed by atoms with Crippen LogP contribution < -0.4 is 15.3 Å². The molecule has 0 aromatic heterocycles. The van der Waals surface area contributed by atoms with Crippen LogP contribution in [0.4, 0.5) is 17.1 Å². The van der Waals surface area contributed by atoms with Crippen molar-refractivity contribution < 1.29 is 0 Å². The molecule has 2 heteroatoms. The average molecular weight is 539 g/mol. The molecule has 0 radical (unpaired) electrons. The van der Waals surface area contributed by atoms with Crippen LogP contribution in [0.2, 0.25) is 0 Å². The Labute approximate surface area is 246 Å². The Hall–Kier alpha value is -5.47. The fourth-order valence-corrected chi connectivity index (χ4v) is 6.12. The Morgan fingerprint density at radius 3 is 2.14 bits per heavy atom. The Balaban J connectivity index is 1.37. The Bertz CT molecular complexity index is 2120. The SMILES string of the molecule is C=C/C=c1/cc(-c2ccc(-c3ccc4c(c3)N(c3ccccc3N=C)Cc3ccc5ccccc5c3-4)cc2)ccc1=C. The summed E-state index contributed by atoms with van der Waals surface area (Å²) in [6.45, 7) is 12.6. The number of fused-ring (bicyclic) bond motifs is 5. The Kier molecular flexibility index (Phi) is 6.37. The fourth-order valence-electron chi connectivity index (χ4n) is 6.12. The van der Waals surface area contributed by atoms with E-state index in [-0.39, 0.29) is 0 Å². The smallest absolute Gasteiger partial charge is 0.0859 e. The molecule has 0 atom stereocenters. The summed E-state index contributed by atoms with van der Waals surface area (Å²) in [6, 6.07) is 43.4. The van der Waals surface area contributed by atoms with Gasteiger partial charge in [0.1, 0.15) is 0 Å². The maximum atomic E-state index is 4.36. The van der Waals surface area contributed by atoms with Gasteiger partial charge in [0.15, 0.2) is 0 Å². The van der Waals surface area contributed by atoms with E-state index in [1.165, 1.54) is 49.8 Å². The minimum Gasteiger partial charge on any atom is -0.335 e. The lowest BCUT2D eigenvalue weighted by atomic mass is 9.87. The molecule has 2 nitrogen and oxygen atoms in total. The van der Waals surface area contributed by atoms with Gasteiger partial charge >= 0.3 is 0 Å².